The zero-order valence-corrected chi connectivity index (χ0v) is 16.0. The van der Waals surface area contributed by atoms with Gasteiger partial charge in [-0.3, -0.25) is 9.59 Å². The van der Waals surface area contributed by atoms with E-state index in [1.165, 1.54) is 6.07 Å². The lowest BCUT2D eigenvalue weighted by Gasteiger charge is -2.36. The van der Waals surface area contributed by atoms with Crippen molar-refractivity contribution in [3.8, 4) is 0 Å². The van der Waals surface area contributed by atoms with Gasteiger partial charge in [0.2, 0.25) is 5.91 Å². The Morgan fingerprint density at radius 2 is 1.88 bits per heavy atom. The number of hydrogen-bond donors (Lipinski definition) is 2. The molecule has 0 aromatic heterocycles. The summed E-state index contributed by atoms with van der Waals surface area (Å²) in [5, 5.41) is 5.87. The standard InChI is InChI=1S/C20H30FN3O2/c1-4-5-13-22-19(26)20(11-7-6-8-12-20)23-18(25)15-9-10-17(24(2)3)16(21)14-15/h9-10,14H,4-8,11-13H2,1-3H3,(H,22,26)(H,23,25). The summed E-state index contributed by atoms with van der Waals surface area (Å²) < 4.78 is 14.2. The number of carbonyl (C=O) groups is 2. The molecule has 2 N–H and O–H groups in total. The molecule has 1 aromatic carbocycles. The molecule has 0 aliphatic heterocycles. The van der Waals surface area contributed by atoms with Gasteiger partial charge in [0.1, 0.15) is 11.4 Å². The fraction of sp³-hybridized carbons (Fsp3) is 0.600. The highest BCUT2D eigenvalue weighted by molar-refractivity contribution is 5.99. The van der Waals surface area contributed by atoms with E-state index in [0.29, 0.717) is 25.1 Å². The molecule has 6 heteroatoms. The van der Waals surface area contributed by atoms with Crippen molar-refractivity contribution < 1.29 is 14.0 Å². The highest BCUT2D eigenvalue weighted by Crippen LogP contribution is 2.29. The first kappa shape index (κ1) is 20.2. The van der Waals surface area contributed by atoms with E-state index in [1.807, 2.05) is 0 Å². The Morgan fingerprint density at radius 1 is 1.19 bits per heavy atom. The molecular formula is C20H30FN3O2. The van der Waals surface area contributed by atoms with Gasteiger partial charge in [-0.15, -0.1) is 0 Å². The van der Waals surface area contributed by atoms with Crippen molar-refractivity contribution in [2.75, 3.05) is 25.5 Å². The monoisotopic (exact) mass is 363 g/mol. The first-order chi connectivity index (χ1) is 12.4. The summed E-state index contributed by atoms with van der Waals surface area (Å²) >= 11 is 0. The van der Waals surface area contributed by atoms with Gasteiger partial charge in [0.25, 0.3) is 5.91 Å². The Balaban J connectivity index is 2.16. The second-order valence-electron chi connectivity index (χ2n) is 7.27. The van der Waals surface area contributed by atoms with Crippen molar-refractivity contribution in [1.82, 2.24) is 10.6 Å². The average molecular weight is 363 g/mol. The van der Waals surface area contributed by atoms with Gasteiger partial charge in [-0.1, -0.05) is 32.6 Å². The van der Waals surface area contributed by atoms with Gasteiger partial charge in [-0.25, -0.2) is 4.39 Å². The predicted molar refractivity (Wildman–Crippen MR) is 102 cm³/mol. The van der Waals surface area contributed by atoms with Gasteiger partial charge >= 0.3 is 0 Å². The molecule has 0 unspecified atom stereocenters. The number of carbonyl (C=O) groups excluding carboxylic acids is 2. The van der Waals surface area contributed by atoms with Crippen LogP contribution in [-0.2, 0) is 4.79 Å². The Kier molecular flexibility index (Phi) is 7.00. The molecule has 1 aromatic rings. The highest BCUT2D eigenvalue weighted by atomic mass is 19.1. The van der Waals surface area contributed by atoms with Crippen LogP contribution in [0, 0.1) is 5.82 Å². The SMILES string of the molecule is CCCCNC(=O)C1(NC(=O)c2ccc(N(C)C)c(F)c2)CCCCC1. The molecule has 0 spiro atoms. The molecule has 26 heavy (non-hydrogen) atoms. The zero-order chi connectivity index (χ0) is 19.2. The van der Waals surface area contributed by atoms with Gasteiger partial charge in [0.15, 0.2) is 0 Å². The van der Waals surface area contributed by atoms with Gasteiger partial charge in [-0.2, -0.15) is 0 Å². The number of nitrogens with one attached hydrogen (secondary N) is 2. The van der Waals surface area contributed by atoms with Crippen molar-refractivity contribution >= 4 is 17.5 Å². The second kappa shape index (κ2) is 9.01. The van der Waals surface area contributed by atoms with Crippen molar-refractivity contribution in [1.29, 1.82) is 0 Å². The Morgan fingerprint density at radius 3 is 2.46 bits per heavy atom. The molecule has 144 valence electrons. The van der Waals surface area contributed by atoms with Crippen molar-refractivity contribution in [3.63, 3.8) is 0 Å². The van der Waals surface area contributed by atoms with Crippen LogP contribution in [0.15, 0.2) is 18.2 Å². The summed E-state index contributed by atoms with van der Waals surface area (Å²) in [5.74, 6) is -0.973. The van der Waals surface area contributed by atoms with Gasteiger partial charge in [0.05, 0.1) is 5.69 Å². The number of benzene rings is 1. The first-order valence-corrected chi connectivity index (χ1v) is 9.47. The van der Waals surface area contributed by atoms with Crippen molar-refractivity contribution in [3.05, 3.63) is 29.6 Å². The van der Waals surface area contributed by atoms with E-state index in [1.54, 1.807) is 31.1 Å². The molecule has 1 aliphatic carbocycles. The third-order valence-electron chi connectivity index (χ3n) is 5.00. The minimum absolute atomic E-state index is 0.121. The van der Waals surface area contributed by atoms with Gasteiger partial charge in [-0.05, 0) is 37.5 Å². The normalized spacial score (nSPS) is 16.0. The van der Waals surface area contributed by atoms with E-state index in [9.17, 15) is 14.0 Å². The Bertz CT molecular complexity index is 640. The molecule has 1 fully saturated rings. The molecule has 0 saturated heterocycles. The van der Waals surface area contributed by atoms with Crippen LogP contribution in [-0.4, -0.2) is 38.0 Å². The molecule has 0 bridgehead atoms. The lowest BCUT2D eigenvalue weighted by molar-refractivity contribution is -0.128. The number of rotatable bonds is 7. The number of hydrogen-bond acceptors (Lipinski definition) is 3. The van der Waals surface area contributed by atoms with Crippen LogP contribution in [0.3, 0.4) is 0 Å². The van der Waals surface area contributed by atoms with Crippen LogP contribution >= 0.6 is 0 Å². The molecule has 1 saturated carbocycles. The molecule has 2 amide bonds. The number of halogens is 1. The fourth-order valence-electron chi connectivity index (χ4n) is 3.41. The van der Waals surface area contributed by atoms with Crippen LogP contribution in [0.25, 0.3) is 0 Å². The topological polar surface area (TPSA) is 61.4 Å². The molecule has 5 nitrogen and oxygen atoms in total. The summed E-state index contributed by atoms with van der Waals surface area (Å²) in [6, 6.07) is 4.41. The molecular weight excluding hydrogens is 333 g/mol. The summed E-state index contributed by atoms with van der Waals surface area (Å²) in [4.78, 5) is 27.1. The quantitative estimate of drug-likeness (QED) is 0.731. The van der Waals surface area contributed by atoms with Crippen LogP contribution < -0.4 is 15.5 Å². The van der Waals surface area contributed by atoms with Gasteiger partial charge < -0.3 is 15.5 Å². The largest absolute Gasteiger partial charge is 0.375 e. The van der Waals surface area contributed by atoms with E-state index < -0.39 is 17.3 Å². The van der Waals surface area contributed by atoms with Crippen LogP contribution in [0.5, 0.6) is 0 Å². The molecule has 0 atom stereocenters. The zero-order valence-electron chi connectivity index (χ0n) is 16.0. The van der Waals surface area contributed by atoms with E-state index in [-0.39, 0.29) is 11.5 Å². The van der Waals surface area contributed by atoms with Crippen LogP contribution in [0.2, 0.25) is 0 Å². The maximum Gasteiger partial charge on any atom is 0.252 e. The lowest BCUT2D eigenvalue weighted by Crippen LogP contribution is -2.59. The maximum atomic E-state index is 14.2. The third-order valence-corrected chi connectivity index (χ3v) is 5.00. The molecule has 0 radical (unpaired) electrons. The van der Waals surface area contributed by atoms with Crippen LogP contribution in [0.4, 0.5) is 10.1 Å². The van der Waals surface area contributed by atoms with E-state index in [0.717, 1.165) is 32.1 Å². The number of anilines is 1. The van der Waals surface area contributed by atoms with E-state index in [2.05, 4.69) is 17.6 Å². The molecule has 0 heterocycles. The Labute approximate surface area is 155 Å². The lowest BCUT2D eigenvalue weighted by atomic mass is 9.80. The summed E-state index contributed by atoms with van der Waals surface area (Å²) in [6.45, 7) is 2.68. The third kappa shape index (κ3) is 4.74. The van der Waals surface area contributed by atoms with Crippen molar-refractivity contribution in [2.45, 2.75) is 57.4 Å². The minimum atomic E-state index is -0.889. The Hall–Kier alpha value is -2.11. The molecule has 1 aliphatic rings. The van der Waals surface area contributed by atoms with Crippen molar-refractivity contribution in [2.24, 2.45) is 0 Å². The minimum Gasteiger partial charge on any atom is -0.375 e. The number of nitrogens with zero attached hydrogens (tertiary/aromatic N) is 1. The first-order valence-electron chi connectivity index (χ1n) is 9.47. The van der Waals surface area contributed by atoms with E-state index in [4.69, 9.17) is 0 Å². The second-order valence-corrected chi connectivity index (χ2v) is 7.27. The smallest absolute Gasteiger partial charge is 0.252 e. The van der Waals surface area contributed by atoms with E-state index >= 15 is 0 Å². The summed E-state index contributed by atoms with van der Waals surface area (Å²) in [6.07, 6.45) is 6.00. The number of amides is 2. The summed E-state index contributed by atoms with van der Waals surface area (Å²) in [5.41, 5.74) is -0.231. The maximum absolute atomic E-state index is 14.2. The number of unbranched alkanes of at least 4 members (excludes halogenated alkanes) is 1. The highest BCUT2D eigenvalue weighted by Gasteiger charge is 2.40. The van der Waals surface area contributed by atoms with Gasteiger partial charge in [0, 0.05) is 26.2 Å². The average Bonchev–Trinajstić information content (AvgIpc) is 2.62. The predicted octanol–water partition coefficient (Wildman–Crippen LogP) is 3.24. The fourth-order valence-corrected chi connectivity index (χ4v) is 3.41. The summed E-state index contributed by atoms with van der Waals surface area (Å²) in [7, 11) is 3.49. The van der Waals surface area contributed by atoms with Crippen LogP contribution in [0.1, 0.15) is 62.2 Å². The molecule has 2 rings (SSSR count).